The van der Waals surface area contributed by atoms with Crippen LogP contribution in [-0.2, 0) is 12.4 Å². The number of aliphatic hydroxyl groups is 1. The second-order valence-electron chi connectivity index (χ2n) is 6.93. The first kappa shape index (κ1) is 23.2. The van der Waals surface area contributed by atoms with Crippen molar-refractivity contribution in [1.82, 2.24) is 4.98 Å². The Bertz CT molecular complexity index is 783. The predicted octanol–water partition coefficient (Wildman–Crippen LogP) is 7.18. The molecule has 0 radical (unpaired) electrons. The van der Waals surface area contributed by atoms with E-state index in [4.69, 9.17) is 0 Å². The zero-order chi connectivity index (χ0) is 21.7. The number of aliphatic hydroxyl groups excluding tert-OH is 1. The van der Waals surface area contributed by atoms with Crippen molar-refractivity contribution >= 4 is 0 Å². The fourth-order valence-corrected chi connectivity index (χ4v) is 3.05. The molecule has 0 aliphatic carbocycles. The van der Waals surface area contributed by atoms with Gasteiger partial charge < -0.3 is 5.11 Å². The van der Waals surface area contributed by atoms with Gasteiger partial charge in [0.1, 0.15) is 0 Å². The van der Waals surface area contributed by atoms with Crippen molar-refractivity contribution < 1.29 is 31.4 Å². The van der Waals surface area contributed by atoms with Crippen molar-refractivity contribution in [3.05, 3.63) is 53.2 Å². The first-order valence-electron chi connectivity index (χ1n) is 9.48. The molecule has 0 unspecified atom stereocenters. The number of hydrogen-bond donors (Lipinski definition) is 1. The van der Waals surface area contributed by atoms with Gasteiger partial charge >= 0.3 is 12.4 Å². The van der Waals surface area contributed by atoms with Gasteiger partial charge in [-0.3, -0.25) is 0 Å². The highest BCUT2D eigenvalue weighted by Gasteiger charge is 2.37. The monoisotopic (exact) mass is 419 g/mol. The molecule has 2 aromatic rings. The van der Waals surface area contributed by atoms with Crippen LogP contribution in [0, 0.1) is 0 Å². The van der Waals surface area contributed by atoms with Gasteiger partial charge in [-0.15, -0.1) is 0 Å². The number of rotatable bonds is 8. The van der Waals surface area contributed by atoms with Gasteiger partial charge in [-0.2, -0.15) is 26.3 Å². The third-order valence-electron chi connectivity index (χ3n) is 4.64. The smallest absolute Gasteiger partial charge is 0.388 e. The zero-order valence-electron chi connectivity index (χ0n) is 15.9. The maximum atomic E-state index is 13.5. The molecule has 0 amide bonds. The van der Waals surface area contributed by atoms with Gasteiger partial charge in [0.05, 0.1) is 17.4 Å². The minimum Gasteiger partial charge on any atom is -0.388 e. The normalized spacial score (nSPS) is 13.5. The molecule has 1 aromatic carbocycles. The van der Waals surface area contributed by atoms with E-state index in [2.05, 4.69) is 4.98 Å². The Labute approximate surface area is 165 Å². The van der Waals surface area contributed by atoms with Gasteiger partial charge in [0.15, 0.2) is 5.69 Å². The number of pyridine rings is 1. The molecule has 1 atom stereocenters. The van der Waals surface area contributed by atoms with Gasteiger partial charge in [-0.05, 0) is 24.6 Å². The first-order valence-corrected chi connectivity index (χ1v) is 9.48. The van der Waals surface area contributed by atoms with Crippen LogP contribution in [0.5, 0.6) is 0 Å². The van der Waals surface area contributed by atoms with Crippen molar-refractivity contribution in [2.75, 3.05) is 0 Å². The van der Waals surface area contributed by atoms with E-state index in [0.717, 1.165) is 56.0 Å². The molecule has 1 aromatic heterocycles. The van der Waals surface area contributed by atoms with Gasteiger partial charge in [0.2, 0.25) is 0 Å². The third-order valence-corrected chi connectivity index (χ3v) is 4.64. The summed E-state index contributed by atoms with van der Waals surface area (Å²) in [6.07, 6.45) is -5.99. The average Bonchev–Trinajstić information content (AvgIpc) is 2.66. The summed E-state index contributed by atoms with van der Waals surface area (Å²) in [5.74, 6) is 0. The van der Waals surface area contributed by atoms with Crippen molar-refractivity contribution in [2.24, 2.45) is 0 Å². The minimum absolute atomic E-state index is 0.107. The quantitative estimate of drug-likeness (QED) is 0.363. The van der Waals surface area contributed by atoms with Crippen LogP contribution in [0.25, 0.3) is 11.3 Å². The highest BCUT2D eigenvalue weighted by molar-refractivity contribution is 5.60. The number of nitrogens with zero attached hydrogens (tertiary/aromatic N) is 1. The van der Waals surface area contributed by atoms with Crippen LogP contribution in [-0.4, -0.2) is 10.1 Å². The number of unbranched alkanes of at least 4 members (excludes halogenated alkanes) is 4. The van der Waals surface area contributed by atoms with Crippen molar-refractivity contribution in [1.29, 1.82) is 0 Å². The van der Waals surface area contributed by atoms with E-state index in [1.54, 1.807) is 0 Å². The molecule has 0 fully saturated rings. The Morgan fingerprint density at radius 2 is 1.45 bits per heavy atom. The Hall–Kier alpha value is -2.09. The third kappa shape index (κ3) is 6.45. The topological polar surface area (TPSA) is 33.1 Å². The van der Waals surface area contributed by atoms with Crippen molar-refractivity contribution in [3.63, 3.8) is 0 Å². The van der Waals surface area contributed by atoms with Gasteiger partial charge in [-0.25, -0.2) is 4.98 Å². The Balaban J connectivity index is 2.25. The second kappa shape index (κ2) is 9.61. The lowest BCUT2D eigenvalue weighted by Gasteiger charge is -2.18. The van der Waals surface area contributed by atoms with Gasteiger partial charge in [-0.1, -0.05) is 57.2 Å². The SMILES string of the molecule is CCCCCCC[C@@H](O)c1ccc(-c2ccc(C(F)(F)F)cc2)nc1C(F)(F)F. The number of alkyl halides is 6. The highest BCUT2D eigenvalue weighted by atomic mass is 19.4. The summed E-state index contributed by atoms with van der Waals surface area (Å²) in [5.41, 5.74) is -2.40. The molecule has 0 spiro atoms. The van der Waals surface area contributed by atoms with Crippen molar-refractivity contribution in [3.8, 4) is 11.3 Å². The number of aromatic nitrogens is 1. The number of hydrogen-bond acceptors (Lipinski definition) is 2. The molecule has 0 aliphatic rings. The lowest BCUT2D eigenvalue weighted by atomic mass is 9.99. The fraction of sp³-hybridized carbons (Fsp3) is 0.476. The predicted molar refractivity (Wildman–Crippen MR) is 98.0 cm³/mol. The molecule has 29 heavy (non-hydrogen) atoms. The van der Waals surface area contributed by atoms with E-state index in [0.29, 0.717) is 6.42 Å². The minimum atomic E-state index is -4.79. The lowest BCUT2D eigenvalue weighted by molar-refractivity contribution is -0.142. The van der Waals surface area contributed by atoms with Gasteiger partial charge in [0.25, 0.3) is 0 Å². The lowest BCUT2D eigenvalue weighted by Crippen LogP contribution is -2.15. The standard InChI is InChI=1S/C21H23F6NO/c1-2-3-4-5-6-7-18(29)16-12-13-17(28-19(16)21(25,26)27)14-8-10-15(11-9-14)20(22,23)24/h8-13,18,29H,2-7H2,1H3/t18-/m1/s1. The first-order chi connectivity index (χ1) is 13.5. The molecule has 1 heterocycles. The summed E-state index contributed by atoms with van der Waals surface area (Å²) in [6.45, 7) is 2.05. The summed E-state index contributed by atoms with van der Waals surface area (Å²) in [6, 6.07) is 6.18. The van der Waals surface area contributed by atoms with Crippen LogP contribution in [0.2, 0.25) is 0 Å². The van der Waals surface area contributed by atoms with Crippen LogP contribution in [0.15, 0.2) is 36.4 Å². The molecular formula is C21H23F6NO. The van der Waals surface area contributed by atoms with Crippen LogP contribution >= 0.6 is 0 Å². The maximum absolute atomic E-state index is 13.5. The van der Waals surface area contributed by atoms with Crippen LogP contribution < -0.4 is 0 Å². The Kier molecular flexibility index (Phi) is 7.68. The molecule has 160 valence electrons. The second-order valence-corrected chi connectivity index (χ2v) is 6.93. The highest BCUT2D eigenvalue weighted by Crippen LogP contribution is 2.37. The number of halogens is 6. The van der Waals surface area contributed by atoms with Crippen LogP contribution in [0.3, 0.4) is 0 Å². The maximum Gasteiger partial charge on any atom is 0.433 e. The average molecular weight is 419 g/mol. The molecule has 2 rings (SSSR count). The Morgan fingerprint density at radius 3 is 2.00 bits per heavy atom. The Morgan fingerprint density at radius 1 is 0.828 bits per heavy atom. The summed E-state index contributed by atoms with van der Waals surface area (Å²) < 4.78 is 78.5. The molecule has 1 N–H and O–H groups in total. The molecular weight excluding hydrogens is 396 g/mol. The molecule has 0 saturated heterocycles. The van der Waals surface area contributed by atoms with E-state index in [9.17, 15) is 31.4 Å². The summed E-state index contributed by atoms with van der Waals surface area (Å²) in [7, 11) is 0. The van der Waals surface area contributed by atoms with Crippen LogP contribution in [0.1, 0.15) is 68.4 Å². The summed E-state index contributed by atoms with van der Waals surface area (Å²) >= 11 is 0. The van der Waals surface area contributed by atoms with Crippen molar-refractivity contribution in [2.45, 2.75) is 63.9 Å². The largest absolute Gasteiger partial charge is 0.433 e. The molecule has 0 bridgehead atoms. The summed E-state index contributed by atoms with van der Waals surface area (Å²) in [4.78, 5) is 3.62. The van der Waals surface area contributed by atoms with Crippen LogP contribution in [0.4, 0.5) is 26.3 Å². The van der Waals surface area contributed by atoms with E-state index in [1.165, 1.54) is 6.07 Å². The zero-order valence-corrected chi connectivity index (χ0v) is 15.9. The summed E-state index contributed by atoms with van der Waals surface area (Å²) in [5, 5.41) is 10.2. The fourth-order valence-electron chi connectivity index (χ4n) is 3.05. The van der Waals surface area contributed by atoms with E-state index in [1.807, 2.05) is 6.92 Å². The number of benzene rings is 1. The molecule has 2 nitrogen and oxygen atoms in total. The molecule has 8 heteroatoms. The van der Waals surface area contributed by atoms with E-state index < -0.39 is 29.7 Å². The van der Waals surface area contributed by atoms with E-state index >= 15 is 0 Å². The molecule has 0 aliphatic heterocycles. The molecule has 0 saturated carbocycles. The van der Waals surface area contributed by atoms with Gasteiger partial charge in [0, 0.05) is 11.1 Å². The van der Waals surface area contributed by atoms with E-state index in [-0.39, 0.29) is 23.2 Å².